The lowest BCUT2D eigenvalue weighted by atomic mass is 10.1. The molecule has 0 aliphatic carbocycles. The molecule has 3 aromatic rings. The molecule has 1 heterocycles. The molecule has 2 N–H and O–H groups in total. The number of hydrogen-bond donors (Lipinski definition) is 2. The van der Waals surface area contributed by atoms with Crippen LogP contribution in [0.4, 0.5) is 0 Å². The maximum absolute atomic E-state index is 12.4. The molecular weight excluding hydrogens is 376 g/mol. The van der Waals surface area contributed by atoms with E-state index in [-0.39, 0.29) is 17.3 Å². The molecule has 28 heavy (non-hydrogen) atoms. The molecule has 0 aliphatic heterocycles. The number of sulfonamides is 1. The molecule has 0 fully saturated rings. The number of amides is 1. The number of benzene rings is 2. The van der Waals surface area contributed by atoms with E-state index in [4.69, 9.17) is 0 Å². The second-order valence-corrected chi connectivity index (χ2v) is 7.69. The van der Waals surface area contributed by atoms with Crippen LogP contribution in [0.1, 0.15) is 15.9 Å². The fraction of sp³-hybridized carbons (Fsp3) is 0.100. The number of hydrogen-bond acceptors (Lipinski definition) is 4. The first-order chi connectivity index (χ1) is 13.5. The van der Waals surface area contributed by atoms with Crippen molar-refractivity contribution in [3.8, 4) is 5.69 Å². The second kappa shape index (κ2) is 8.64. The number of carbonyl (C=O) groups excluding carboxylic acids is 1. The van der Waals surface area contributed by atoms with Gasteiger partial charge >= 0.3 is 0 Å². The smallest absolute Gasteiger partial charge is 0.251 e. The van der Waals surface area contributed by atoms with E-state index in [1.165, 1.54) is 30.3 Å². The van der Waals surface area contributed by atoms with Crippen LogP contribution in [0.25, 0.3) is 5.69 Å². The van der Waals surface area contributed by atoms with E-state index in [0.29, 0.717) is 12.1 Å². The van der Waals surface area contributed by atoms with E-state index >= 15 is 0 Å². The molecule has 0 spiro atoms. The molecule has 144 valence electrons. The summed E-state index contributed by atoms with van der Waals surface area (Å²) in [5, 5.41) is 7.07. The van der Waals surface area contributed by atoms with Gasteiger partial charge in [-0.1, -0.05) is 24.3 Å². The van der Waals surface area contributed by atoms with E-state index in [2.05, 4.69) is 21.7 Å². The maximum atomic E-state index is 12.4. The van der Waals surface area contributed by atoms with Gasteiger partial charge in [-0.05, 0) is 42.0 Å². The van der Waals surface area contributed by atoms with Crippen LogP contribution in [0.3, 0.4) is 0 Å². The number of para-hydroxylation sites is 1. The van der Waals surface area contributed by atoms with Crippen LogP contribution in [-0.2, 0) is 16.6 Å². The minimum absolute atomic E-state index is 0.0925. The minimum atomic E-state index is -3.61. The number of nitrogens with zero attached hydrogens (tertiary/aromatic N) is 2. The molecule has 0 saturated carbocycles. The summed E-state index contributed by atoms with van der Waals surface area (Å²) in [6.45, 7) is 3.93. The SMILES string of the molecule is C=CCNS(=O)(=O)c1ccc(C(=O)NCc2ccccc2-n2cccn2)cc1. The summed E-state index contributed by atoms with van der Waals surface area (Å²) in [7, 11) is -3.61. The number of nitrogens with one attached hydrogen (secondary N) is 2. The van der Waals surface area contributed by atoms with Crippen molar-refractivity contribution in [3.63, 3.8) is 0 Å². The fourth-order valence-electron chi connectivity index (χ4n) is 2.61. The Morgan fingerprint density at radius 1 is 1.11 bits per heavy atom. The van der Waals surface area contributed by atoms with Crippen molar-refractivity contribution < 1.29 is 13.2 Å². The first-order valence-electron chi connectivity index (χ1n) is 8.58. The molecule has 7 nitrogen and oxygen atoms in total. The Bertz CT molecular complexity index is 1060. The molecule has 0 unspecified atom stereocenters. The predicted molar refractivity (Wildman–Crippen MR) is 107 cm³/mol. The summed E-state index contributed by atoms with van der Waals surface area (Å²) in [5.41, 5.74) is 2.16. The lowest BCUT2D eigenvalue weighted by Gasteiger charge is -2.11. The van der Waals surface area contributed by atoms with Crippen molar-refractivity contribution in [1.82, 2.24) is 19.8 Å². The summed E-state index contributed by atoms with van der Waals surface area (Å²) in [6, 6.07) is 15.2. The third kappa shape index (κ3) is 4.54. The molecule has 3 rings (SSSR count). The van der Waals surface area contributed by atoms with Gasteiger partial charge in [-0.25, -0.2) is 17.8 Å². The highest BCUT2D eigenvalue weighted by molar-refractivity contribution is 7.89. The Kier molecular flexibility index (Phi) is 6.03. The summed E-state index contributed by atoms with van der Waals surface area (Å²) in [4.78, 5) is 12.5. The Morgan fingerprint density at radius 2 is 1.86 bits per heavy atom. The molecule has 0 saturated heterocycles. The minimum Gasteiger partial charge on any atom is -0.348 e. The van der Waals surface area contributed by atoms with Gasteiger partial charge in [0.2, 0.25) is 10.0 Å². The normalized spacial score (nSPS) is 11.1. The highest BCUT2D eigenvalue weighted by atomic mass is 32.2. The van der Waals surface area contributed by atoms with E-state index in [1.54, 1.807) is 10.9 Å². The Hall–Kier alpha value is -3.23. The lowest BCUT2D eigenvalue weighted by molar-refractivity contribution is 0.0951. The summed E-state index contributed by atoms with van der Waals surface area (Å²) in [6.07, 6.45) is 4.98. The highest BCUT2D eigenvalue weighted by Gasteiger charge is 2.14. The molecule has 1 amide bonds. The number of aromatic nitrogens is 2. The zero-order chi connectivity index (χ0) is 20.0. The molecule has 0 atom stereocenters. The standard InChI is InChI=1S/C20H20N4O3S/c1-2-12-23-28(26,27)18-10-8-16(9-11-18)20(25)21-15-17-6-3-4-7-19(17)24-14-5-13-22-24/h2-11,13-14,23H,1,12,15H2,(H,21,25). The average Bonchev–Trinajstić information content (AvgIpc) is 3.25. The number of carbonyl (C=O) groups is 1. The van der Waals surface area contributed by atoms with Crippen molar-refractivity contribution in [3.05, 3.63) is 90.8 Å². The largest absolute Gasteiger partial charge is 0.348 e. The molecule has 2 aromatic carbocycles. The number of rotatable bonds is 8. The van der Waals surface area contributed by atoms with E-state index in [9.17, 15) is 13.2 Å². The van der Waals surface area contributed by atoms with Gasteiger partial charge in [0.05, 0.1) is 10.6 Å². The van der Waals surface area contributed by atoms with Crippen LogP contribution in [0.5, 0.6) is 0 Å². The average molecular weight is 396 g/mol. The molecule has 1 aromatic heterocycles. The van der Waals surface area contributed by atoms with Crippen molar-refractivity contribution >= 4 is 15.9 Å². The van der Waals surface area contributed by atoms with Gasteiger partial charge in [0, 0.05) is 31.0 Å². The molecular formula is C20H20N4O3S. The fourth-order valence-corrected chi connectivity index (χ4v) is 3.61. The van der Waals surface area contributed by atoms with Gasteiger partial charge in [-0.15, -0.1) is 6.58 Å². The van der Waals surface area contributed by atoms with Crippen LogP contribution in [0.15, 0.2) is 84.5 Å². The van der Waals surface area contributed by atoms with Crippen LogP contribution in [0, 0.1) is 0 Å². The molecule has 0 radical (unpaired) electrons. The van der Waals surface area contributed by atoms with E-state index in [1.807, 2.05) is 36.5 Å². The third-order valence-electron chi connectivity index (χ3n) is 4.03. The summed E-state index contributed by atoms with van der Waals surface area (Å²) < 4.78 is 28.2. The van der Waals surface area contributed by atoms with E-state index < -0.39 is 10.0 Å². The zero-order valence-corrected chi connectivity index (χ0v) is 15.9. The Morgan fingerprint density at radius 3 is 2.54 bits per heavy atom. The van der Waals surface area contributed by atoms with Crippen molar-refractivity contribution in [2.24, 2.45) is 0 Å². The zero-order valence-electron chi connectivity index (χ0n) is 15.1. The van der Waals surface area contributed by atoms with Crippen molar-refractivity contribution in [2.75, 3.05) is 6.54 Å². The monoisotopic (exact) mass is 396 g/mol. The molecule has 0 aliphatic rings. The predicted octanol–water partition coefficient (Wildman–Crippen LogP) is 2.27. The van der Waals surface area contributed by atoms with Crippen molar-refractivity contribution in [2.45, 2.75) is 11.4 Å². The maximum Gasteiger partial charge on any atom is 0.251 e. The summed E-state index contributed by atoms with van der Waals surface area (Å²) in [5.74, 6) is -0.293. The first kappa shape index (κ1) is 19.5. The first-order valence-corrected chi connectivity index (χ1v) is 10.1. The second-order valence-electron chi connectivity index (χ2n) is 5.93. The summed E-state index contributed by atoms with van der Waals surface area (Å²) >= 11 is 0. The lowest BCUT2D eigenvalue weighted by Crippen LogP contribution is -2.25. The Labute approximate surface area is 163 Å². The molecule has 8 heteroatoms. The van der Waals surface area contributed by atoms with Gasteiger partial charge in [0.15, 0.2) is 0 Å². The van der Waals surface area contributed by atoms with Crippen LogP contribution < -0.4 is 10.0 Å². The third-order valence-corrected chi connectivity index (χ3v) is 5.47. The van der Waals surface area contributed by atoms with Gasteiger partial charge < -0.3 is 5.32 Å². The van der Waals surface area contributed by atoms with Gasteiger partial charge in [0.25, 0.3) is 5.91 Å². The van der Waals surface area contributed by atoms with Crippen LogP contribution in [-0.4, -0.2) is 30.7 Å². The van der Waals surface area contributed by atoms with Gasteiger partial charge in [-0.3, -0.25) is 4.79 Å². The van der Waals surface area contributed by atoms with Crippen LogP contribution in [0.2, 0.25) is 0 Å². The quantitative estimate of drug-likeness (QED) is 0.571. The van der Waals surface area contributed by atoms with Crippen molar-refractivity contribution in [1.29, 1.82) is 0 Å². The highest BCUT2D eigenvalue weighted by Crippen LogP contribution is 2.14. The van der Waals surface area contributed by atoms with Gasteiger partial charge in [-0.2, -0.15) is 5.10 Å². The Balaban J connectivity index is 1.69. The van der Waals surface area contributed by atoms with Crippen LogP contribution >= 0.6 is 0 Å². The van der Waals surface area contributed by atoms with Gasteiger partial charge in [0.1, 0.15) is 0 Å². The topological polar surface area (TPSA) is 93.1 Å². The van der Waals surface area contributed by atoms with E-state index in [0.717, 1.165) is 11.3 Å². The molecule has 0 bridgehead atoms.